The van der Waals surface area contributed by atoms with E-state index in [0.29, 0.717) is 23.5 Å². The Labute approximate surface area is 199 Å². The molecule has 5 nitrogen and oxygen atoms in total. The number of thioether (sulfide) groups is 1. The minimum Gasteiger partial charge on any atom is -0.497 e. The Morgan fingerprint density at radius 1 is 0.879 bits per heavy atom. The number of amides is 2. The van der Waals surface area contributed by atoms with Crippen LogP contribution in [0, 0.1) is 5.41 Å². The van der Waals surface area contributed by atoms with Crippen LogP contribution in [0.2, 0.25) is 0 Å². The third-order valence-electron chi connectivity index (χ3n) is 4.74. The molecule has 2 N–H and O–H groups in total. The lowest BCUT2D eigenvalue weighted by Crippen LogP contribution is -2.20. The largest absolute Gasteiger partial charge is 0.497 e. The molecule has 33 heavy (non-hydrogen) atoms. The molecule has 0 saturated heterocycles. The summed E-state index contributed by atoms with van der Waals surface area (Å²) in [6, 6.07) is 24.5. The highest BCUT2D eigenvalue weighted by Crippen LogP contribution is 2.37. The fraction of sp³-hybridized carbons (Fsp3) is 0.259. The topological polar surface area (TPSA) is 67.4 Å². The Hall–Kier alpha value is -3.25. The van der Waals surface area contributed by atoms with Crippen LogP contribution in [0.3, 0.4) is 0 Å². The van der Waals surface area contributed by atoms with E-state index in [-0.39, 0.29) is 17.2 Å². The van der Waals surface area contributed by atoms with Crippen LogP contribution in [-0.4, -0.2) is 18.9 Å². The van der Waals surface area contributed by atoms with Gasteiger partial charge in [-0.1, -0.05) is 63.2 Å². The zero-order valence-electron chi connectivity index (χ0n) is 19.4. The first-order chi connectivity index (χ1) is 15.7. The SMILES string of the molecule is COc1cccc(NC(=O)C(Sc2cccc(NC(=O)CC(C)(C)C)c2)c2ccccc2)c1. The highest BCUT2D eigenvalue weighted by Gasteiger charge is 2.23. The van der Waals surface area contributed by atoms with Gasteiger partial charge in [-0.25, -0.2) is 0 Å². The molecule has 3 aromatic carbocycles. The van der Waals surface area contributed by atoms with Crippen LogP contribution in [0.5, 0.6) is 5.75 Å². The van der Waals surface area contributed by atoms with E-state index in [2.05, 4.69) is 10.6 Å². The second kappa shape index (κ2) is 11.1. The molecule has 172 valence electrons. The molecule has 2 amide bonds. The van der Waals surface area contributed by atoms with Crippen molar-refractivity contribution >= 4 is 35.0 Å². The first-order valence-corrected chi connectivity index (χ1v) is 11.7. The summed E-state index contributed by atoms with van der Waals surface area (Å²) in [5, 5.41) is 5.49. The van der Waals surface area contributed by atoms with E-state index in [4.69, 9.17) is 4.74 Å². The van der Waals surface area contributed by atoms with Crippen LogP contribution in [0.25, 0.3) is 0 Å². The Morgan fingerprint density at radius 2 is 1.55 bits per heavy atom. The standard InChI is InChI=1S/C27H30N2O3S/c1-27(2,3)18-24(30)28-21-13-9-15-23(17-21)33-25(19-10-6-5-7-11-19)26(31)29-20-12-8-14-22(16-20)32-4/h5-17,25H,18H2,1-4H3,(H,28,30)(H,29,31). The molecule has 0 fully saturated rings. The van der Waals surface area contributed by atoms with E-state index in [1.807, 2.05) is 93.6 Å². The summed E-state index contributed by atoms with van der Waals surface area (Å²) in [5.74, 6) is 0.511. The maximum absolute atomic E-state index is 13.3. The van der Waals surface area contributed by atoms with Crippen molar-refractivity contribution in [1.82, 2.24) is 0 Å². The van der Waals surface area contributed by atoms with Gasteiger partial charge in [-0.3, -0.25) is 9.59 Å². The van der Waals surface area contributed by atoms with Gasteiger partial charge in [0.05, 0.1) is 7.11 Å². The van der Waals surface area contributed by atoms with Crippen molar-refractivity contribution in [3.63, 3.8) is 0 Å². The molecule has 0 aromatic heterocycles. The predicted molar refractivity (Wildman–Crippen MR) is 136 cm³/mol. The molecular formula is C27H30N2O3S. The lowest BCUT2D eigenvalue weighted by Gasteiger charge is -2.19. The summed E-state index contributed by atoms with van der Waals surface area (Å²) in [5.41, 5.74) is 2.19. The predicted octanol–water partition coefficient (Wildman–Crippen LogP) is 6.54. The smallest absolute Gasteiger partial charge is 0.242 e. The van der Waals surface area contributed by atoms with Crippen molar-refractivity contribution in [1.29, 1.82) is 0 Å². The first-order valence-electron chi connectivity index (χ1n) is 10.8. The third kappa shape index (κ3) is 7.68. The average molecular weight is 463 g/mol. The van der Waals surface area contributed by atoms with Crippen molar-refractivity contribution in [3.05, 3.63) is 84.4 Å². The van der Waals surface area contributed by atoms with Crippen LogP contribution >= 0.6 is 11.8 Å². The number of methoxy groups -OCH3 is 1. The average Bonchev–Trinajstić information content (AvgIpc) is 2.77. The van der Waals surface area contributed by atoms with E-state index >= 15 is 0 Å². The molecule has 0 radical (unpaired) electrons. The molecule has 3 aromatic rings. The van der Waals surface area contributed by atoms with Crippen molar-refractivity contribution in [2.24, 2.45) is 5.41 Å². The molecule has 0 aliphatic carbocycles. The second-order valence-corrected chi connectivity index (χ2v) is 10.1. The van der Waals surface area contributed by atoms with Gasteiger partial charge in [-0.15, -0.1) is 11.8 Å². The molecule has 0 spiro atoms. The molecule has 6 heteroatoms. The summed E-state index contributed by atoms with van der Waals surface area (Å²) in [6.45, 7) is 6.10. The zero-order valence-corrected chi connectivity index (χ0v) is 20.2. The fourth-order valence-corrected chi connectivity index (χ4v) is 4.36. The van der Waals surface area contributed by atoms with Crippen molar-refractivity contribution in [2.45, 2.75) is 37.3 Å². The van der Waals surface area contributed by atoms with Crippen LogP contribution in [0.15, 0.2) is 83.8 Å². The van der Waals surface area contributed by atoms with Gasteiger partial charge in [0.25, 0.3) is 0 Å². The molecule has 0 saturated carbocycles. The first kappa shape index (κ1) is 24.4. The number of benzene rings is 3. The minimum absolute atomic E-state index is 0.0278. The Balaban J connectivity index is 1.80. The highest BCUT2D eigenvalue weighted by molar-refractivity contribution is 8.00. The van der Waals surface area contributed by atoms with Crippen molar-refractivity contribution < 1.29 is 14.3 Å². The molecular weight excluding hydrogens is 432 g/mol. The quantitative estimate of drug-likeness (QED) is 0.373. The summed E-state index contributed by atoms with van der Waals surface area (Å²) in [7, 11) is 1.59. The Morgan fingerprint density at radius 3 is 2.21 bits per heavy atom. The van der Waals surface area contributed by atoms with Gasteiger partial charge in [0.1, 0.15) is 11.0 Å². The lowest BCUT2D eigenvalue weighted by molar-refractivity contribution is -0.118. The number of hydrogen-bond donors (Lipinski definition) is 2. The highest BCUT2D eigenvalue weighted by atomic mass is 32.2. The summed E-state index contributed by atoms with van der Waals surface area (Å²) >= 11 is 1.44. The number of ether oxygens (including phenoxy) is 1. The number of hydrogen-bond acceptors (Lipinski definition) is 4. The second-order valence-electron chi connectivity index (χ2n) is 8.94. The van der Waals surface area contributed by atoms with E-state index < -0.39 is 5.25 Å². The Kier molecular flexibility index (Phi) is 8.17. The van der Waals surface area contributed by atoms with E-state index in [0.717, 1.165) is 10.5 Å². The van der Waals surface area contributed by atoms with E-state index in [1.54, 1.807) is 13.2 Å². The van der Waals surface area contributed by atoms with Gasteiger partial charge in [0.2, 0.25) is 11.8 Å². The van der Waals surface area contributed by atoms with Crippen LogP contribution in [0.1, 0.15) is 38.0 Å². The Bertz CT molecular complexity index is 1090. The third-order valence-corrected chi connectivity index (χ3v) is 5.99. The van der Waals surface area contributed by atoms with Gasteiger partial charge < -0.3 is 15.4 Å². The monoisotopic (exact) mass is 462 g/mol. The van der Waals surface area contributed by atoms with E-state index in [1.165, 1.54) is 11.8 Å². The number of carbonyl (C=O) groups excluding carboxylic acids is 2. The molecule has 0 heterocycles. The molecule has 3 rings (SSSR count). The number of rotatable bonds is 8. The normalized spacial score (nSPS) is 12.0. The minimum atomic E-state index is -0.474. The molecule has 1 unspecified atom stereocenters. The maximum atomic E-state index is 13.3. The zero-order chi connectivity index (χ0) is 23.8. The van der Waals surface area contributed by atoms with Crippen molar-refractivity contribution in [3.8, 4) is 5.75 Å². The van der Waals surface area contributed by atoms with Crippen LogP contribution < -0.4 is 15.4 Å². The van der Waals surface area contributed by atoms with Gasteiger partial charge in [0, 0.05) is 28.8 Å². The van der Waals surface area contributed by atoms with Crippen LogP contribution in [0.4, 0.5) is 11.4 Å². The molecule has 0 aliphatic heterocycles. The summed E-state index contributed by atoms with van der Waals surface area (Å²) in [6.07, 6.45) is 0.431. The maximum Gasteiger partial charge on any atom is 0.242 e. The lowest BCUT2D eigenvalue weighted by atomic mass is 9.92. The van der Waals surface area contributed by atoms with Crippen LogP contribution in [-0.2, 0) is 9.59 Å². The molecule has 1 atom stereocenters. The van der Waals surface area contributed by atoms with Gasteiger partial charge in [-0.2, -0.15) is 0 Å². The van der Waals surface area contributed by atoms with E-state index in [9.17, 15) is 9.59 Å². The number of nitrogens with one attached hydrogen (secondary N) is 2. The summed E-state index contributed by atoms with van der Waals surface area (Å²) in [4.78, 5) is 26.5. The fourth-order valence-electron chi connectivity index (χ4n) is 3.28. The number of anilines is 2. The number of carbonyl (C=O) groups is 2. The summed E-state index contributed by atoms with van der Waals surface area (Å²) < 4.78 is 5.26. The van der Waals surface area contributed by atoms with Gasteiger partial charge in [0.15, 0.2) is 0 Å². The van der Waals surface area contributed by atoms with Crippen molar-refractivity contribution in [2.75, 3.05) is 17.7 Å². The van der Waals surface area contributed by atoms with Gasteiger partial charge >= 0.3 is 0 Å². The van der Waals surface area contributed by atoms with Gasteiger partial charge in [-0.05, 0) is 41.3 Å². The molecule has 0 bridgehead atoms. The molecule has 0 aliphatic rings.